The molecule has 0 fully saturated rings. The molecule has 68 valence electrons. The Hall–Kier alpha value is -1.83. The van der Waals surface area contributed by atoms with Crippen molar-refractivity contribution < 1.29 is 4.79 Å². The maximum atomic E-state index is 11.2. The molecule has 0 aromatic carbocycles. The summed E-state index contributed by atoms with van der Waals surface area (Å²) in [6, 6.07) is 0. The average molecular weight is 178 g/mol. The van der Waals surface area contributed by atoms with Crippen molar-refractivity contribution in [1.29, 1.82) is 0 Å². The maximum Gasteiger partial charge on any atom is 0.234 e. The fraction of sp³-hybridized carbons (Fsp3) is 0.375. The Morgan fingerprint density at radius 3 is 3.15 bits per heavy atom. The molecule has 0 spiro atoms. The molecule has 0 aliphatic carbocycles. The molecule has 5 nitrogen and oxygen atoms in total. The molecule has 13 heavy (non-hydrogen) atoms. The van der Waals surface area contributed by atoms with Crippen molar-refractivity contribution in [2.45, 2.75) is 13.0 Å². The number of carbonyl (C=O) groups excluding carboxylic acids is 1. The number of nitrogens with one attached hydrogen (secondary N) is 1. The van der Waals surface area contributed by atoms with E-state index in [2.05, 4.69) is 21.1 Å². The molecule has 1 heterocycles. The molecular formula is C8H10N4O. The lowest BCUT2D eigenvalue weighted by molar-refractivity contribution is -0.129. The topological polar surface area (TPSA) is 61.9 Å². The monoisotopic (exact) mass is 178 g/mol. The molecule has 0 aliphatic rings. The molecule has 5 heteroatoms. The summed E-state index contributed by atoms with van der Waals surface area (Å²) in [5, 5.41) is 6.32. The van der Waals surface area contributed by atoms with Gasteiger partial charge < -0.3 is 4.90 Å². The molecule has 1 N–H and O–H groups in total. The number of aromatic nitrogens is 3. The smallest absolute Gasteiger partial charge is 0.234 e. The average Bonchev–Trinajstić information content (AvgIpc) is 2.57. The van der Waals surface area contributed by atoms with Crippen LogP contribution in [0.1, 0.15) is 12.2 Å². The number of rotatable bonds is 3. The Bertz CT molecular complexity index is 311. The Morgan fingerprint density at radius 1 is 1.85 bits per heavy atom. The van der Waals surface area contributed by atoms with E-state index in [1.165, 1.54) is 11.2 Å². The highest BCUT2D eigenvalue weighted by Crippen LogP contribution is 1.96. The van der Waals surface area contributed by atoms with Gasteiger partial charge in [-0.2, -0.15) is 5.10 Å². The van der Waals surface area contributed by atoms with Crippen LogP contribution in [0.3, 0.4) is 0 Å². The summed E-state index contributed by atoms with van der Waals surface area (Å²) in [6.07, 6.45) is 6.52. The normalized spacial score (nSPS) is 9.23. The van der Waals surface area contributed by atoms with Gasteiger partial charge in [-0.15, -0.1) is 6.42 Å². The Morgan fingerprint density at radius 2 is 2.62 bits per heavy atom. The van der Waals surface area contributed by atoms with Crippen LogP contribution in [0.2, 0.25) is 0 Å². The van der Waals surface area contributed by atoms with Crippen molar-refractivity contribution >= 4 is 5.91 Å². The molecule has 0 unspecified atom stereocenters. The molecule has 1 amide bonds. The highest BCUT2D eigenvalue weighted by Gasteiger charge is 2.08. The van der Waals surface area contributed by atoms with Gasteiger partial charge in [-0.1, -0.05) is 5.92 Å². The van der Waals surface area contributed by atoms with Crippen molar-refractivity contribution in [2.24, 2.45) is 0 Å². The number of terminal acetylenes is 1. The number of hydrogen-bond acceptors (Lipinski definition) is 3. The third kappa shape index (κ3) is 2.60. The van der Waals surface area contributed by atoms with Crippen molar-refractivity contribution in [1.82, 2.24) is 20.1 Å². The van der Waals surface area contributed by atoms with Crippen molar-refractivity contribution in [3.8, 4) is 12.3 Å². The van der Waals surface area contributed by atoms with E-state index in [0.29, 0.717) is 12.4 Å². The summed E-state index contributed by atoms with van der Waals surface area (Å²) in [6.45, 7) is 0.403. The Balaban J connectivity index is 2.47. The lowest BCUT2D eigenvalue weighted by atomic mass is 10.4. The van der Waals surface area contributed by atoms with Gasteiger partial charge in [0, 0.05) is 7.05 Å². The van der Waals surface area contributed by atoms with Crippen LogP contribution in [0.4, 0.5) is 0 Å². The number of H-pyrrole nitrogens is 1. The minimum Gasteiger partial charge on any atom is -0.337 e. The van der Waals surface area contributed by atoms with E-state index in [1.54, 1.807) is 7.05 Å². The van der Waals surface area contributed by atoms with Crippen LogP contribution in [0.25, 0.3) is 0 Å². The molecule has 0 aliphatic heterocycles. The predicted octanol–water partition coefficient (Wildman–Crippen LogP) is -0.214. The number of nitrogens with zero attached hydrogens (tertiary/aromatic N) is 3. The lowest BCUT2D eigenvalue weighted by Gasteiger charge is -2.13. The zero-order valence-electron chi connectivity index (χ0n) is 7.32. The fourth-order valence-corrected chi connectivity index (χ4v) is 0.842. The van der Waals surface area contributed by atoms with Crippen LogP contribution < -0.4 is 0 Å². The van der Waals surface area contributed by atoms with Gasteiger partial charge in [-0.05, 0) is 0 Å². The molecule has 0 saturated carbocycles. The minimum atomic E-state index is -0.0982. The summed E-state index contributed by atoms with van der Waals surface area (Å²) in [5.74, 6) is 2.84. The number of hydrogen-bond donors (Lipinski definition) is 1. The zero-order chi connectivity index (χ0) is 9.68. The first-order chi connectivity index (χ1) is 6.24. The summed E-state index contributed by atoms with van der Waals surface area (Å²) < 4.78 is 0. The van der Waals surface area contributed by atoms with E-state index in [-0.39, 0.29) is 12.3 Å². The number of aromatic amines is 1. The van der Waals surface area contributed by atoms with Gasteiger partial charge in [0.2, 0.25) is 5.91 Å². The first-order valence-electron chi connectivity index (χ1n) is 3.75. The first-order valence-corrected chi connectivity index (χ1v) is 3.75. The van der Waals surface area contributed by atoms with Crippen LogP contribution in [-0.2, 0) is 11.3 Å². The van der Waals surface area contributed by atoms with Gasteiger partial charge in [-0.25, -0.2) is 4.98 Å². The second kappa shape index (κ2) is 4.26. The third-order valence-corrected chi connectivity index (χ3v) is 1.53. The van der Waals surface area contributed by atoms with Crippen molar-refractivity contribution in [3.63, 3.8) is 0 Å². The molecule has 0 saturated heterocycles. The second-order valence-electron chi connectivity index (χ2n) is 2.56. The van der Waals surface area contributed by atoms with E-state index in [4.69, 9.17) is 6.42 Å². The molecule has 0 bridgehead atoms. The standard InChI is InChI=1S/C8H10N4O/c1-3-4-8(13)12(2)5-7-9-6-10-11-7/h1,6H,4-5H2,2H3,(H,9,10,11). The SMILES string of the molecule is C#CCC(=O)N(C)Cc1ncn[nH]1. The second-order valence-corrected chi connectivity index (χ2v) is 2.56. The van der Waals surface area contributed by atoms with Crippen LogP contribution >= 0.6 is 0 Å². The first kappa shape index (κ1) is 9.26. The van der Waals surface area contributed by atoms with Gasteiger partial charge in [0.05, 0.1) is 13.0 Å². The van der Waals surface area contributed by atoms with Gasteiger partial charge >= 0.3 is 0 Å². The quantitative estimate of drug-likeness (QED) is 0.651. The molecule has 1 rings (SSSR count). The van der Waals surface area contributed by atoms with E-state index in [9.17, 15) is 4.79 Å². The van der Waals surface area contributed by atoms with Crippen LogP contribution in [0.15, 0.2) is 6.33 Å². The molecule has 1 aromatic heterocycles. The summed E-state index contributed by atoms with van der Waals surface area (Å²) in [5.41, 5.74) is 0. The van der Waals surface area contributed by atoms with E-state index in [0.717, 1.165) is 0 Å². The van der Waals surface area contributed by atoms with E-state index in [1.807, 2.05) is 0 Å². The molecule has 0 radical (unpaired) electrons. The predicted molar refractivity (Wildman–Crippen MR) is 46.3 cm³/mol. The highest BCUT2D eigenvalue weighted by molar-refractivity contribution is 5.78. The minimum absolute atomic E-state index is 0.0982. The zero-order valence-corrected chi connectivity index (χ0v) is 7.32. The third-order valence-electron chi connectivity index (χ3n) is 1.53. The van der Waals surface area contributed by atoms with E-state index < -0.39 is 0 Å². The van der Waals surface area contributed by atoms with Gasteiger partial charge in [0.25, 0.3) is 0 Å². The van der Waals surface area contributed by atoms with E-state index >= 15 is 0 Å². The van der Waals surface area contributed by atoms with Crippen molar-refractivity contribution in [3.05, 3.63) is 12.2 Å². The van der Waals surface area contributed by atoms with Crippen LogP contribution in [-0.4, -0.2) is 33.0 Å². The van der Waals surface area contributed by atoms with Gasteiger partial charge in [-0.3, -0.25) is 9.89 Å². The Labute approximate surface area is 76.2 Å². The van der Waals surface area contributed by atoms with Crippen LogP contribution in [0, 0.1) is 12.3 Å². The summed E-state index contributed by atoms with van der Waals surface area (Å²) >= 11 is 0. The number of amides is 1. The number of carbonyl (C=O) groups is 1. The summed E-state index contributed by atoms with van der Waals surface area (Å²) in [7, 11) is 1.67. The molecule has 1 aromatic rings. The summed E-state index contributed by atoms with van der Waals surface area (Å²) in [4.78, 5) is 16.6. The lowest BCUT2D eigenvalue weighted by Crippen LogP contribution is -2.26. The van der Waals surface area contributed by atoms with Crippen LogP contribution in [0.5, 0.6) is 0 Å². The molecular weight excluding hydrogens is 168 g/mol. The molecule has 0 atom stereocenters. The Kier molecular flexibility index (Phi) is 3.03. The van der Waals surface area contributed by atoms with Gasteiger partial charge in [0.1, 0.15) is 12.2 Å². The fourth-order valence-electron chi connectivity index (χ4n) is 0.842. The van der Waals surface area contributed by atoms with Crippen molar-refractivity contribution in [2.75, 3.05) is 7.05 Å². The maximum absolute atomic E-state index is 11.2. The highest BCUT2D eigenvalue weighted by atomic mass is 16.2. The van der Waals surface area contributed by atoms with Gasteiger partial charge in [0.15, 0.2) is 0 Å². The largest absolute Gasteiger partial charge is 0.337 e.